The number of sulfone groups is 1. The standard InChI is InChI=1S/C11H23NO2S/c1-8(2)11-6-10(15(5,13)14)7-12(11)9(3)4/h8-11H,6-7H2,1-5H3/t10-,11?/m0/s1. The zero-order valence-corrected chi connectivity index (χ0v) is 11.2. The van der Waals surface area contributed by atoms with Crippen LogP contribution in [-0.2, 0) is 9.84 Å². The molecule has 4 heteroatoms. The number of rotatable bonds is 3. The lowest BCUT2D eigenvalue weighted by Gasteiger charge is -2.30. The summed E-state index contributed by atoms with van der Waals surface area (Å²) in [6.45, 7) is 9.33. The van der Waals surface area contributed by atoms with Crippen molar-refractivity contribution >= 4 is 9.84 Å². The van der Waals surface area contributed by atoms with Gasteiger partial charge in [-0.2, -0.15) is 0 Å². The number of likely N-dealkylation sites (tertiary alicyclic amines) is 1. The molecule has 0 aromatic rings. The van der Waals surface area contributed by atoms with Gasteiger partial charge in [0.25, 0.3) is 0 Å². The van der Waals surface area contributed by atoms with Gasteiger partial charge in [-0.15, -0.1) is 0 Å². The van der Waals surface area contributed by atoms with Gasteiger partial charge in [0.15, 0.2) is 9.84 Å². The van der Waals surface area contributed by atoms with E-state index >= 15 is 0 Å². The molecule has 1 rings (SSSR count). The number of hydrogen-bond acceptors (Lipinski definition) is 3. The summed E-state index contributed by atoms with van der Waals surface area (Å²) in [7, 11) is -2.88. The Kier molecular flexibility index (Phi) is 3.82. The summed E-state index contributed by atoms with van der Waals surface area (Å²) in [6.07, 6.45) is 2.16. The Morgan fingerprint density at radius 2 is 1.73 bits per heavy atom. The Morgan fingerprint density at radius 3 is 2.00 bits per heavy atom. The van der Waals surface area contributed by atoms with E-state index < -0.39 is 9.84 Å². The number of nitrogens with zero attached hydrogens (tertiary/aromatic N) is 1. The van der Waals surface area contributed by atoms with Crippen LogP contribution in [0.4, 0.5) is 0 Å². The van der Waals surface area contributed by atoms with Gasteiger partial charge in [0.2, 0.25) is 0 Å². The summed E-state index contributed by atoms with van der Waals surface area (Å²) < 4.78 is 23.1. The second-order valence-corrected chi connectivity index (χ2v) is 7.61. The average molecular weight is 233 g/mol. The van der Waals surface area contributed by atoms with Gasteiger partial charge in [-0.05, 0) is 26.2 Å². The SMILES string of the molecule is CC(C)C1C[C@H](S(C)(=O)=O)CN1C(C)C. The Hall–Kier alpha value is -0.0900. The Labute approximate surface area is 93.8 Å². The molecule has 0 saturated carbocycles. The summed E-state index contributed by atoms with van der Waals surface area (Å²) >= 11 is 0. The fourth-order valence-electron chi connectivity index (χ4n) is 2.41. The molecule has 90 valence electrons. The van der Waals surface area contributed by atoms with Gasteiger partial charge in [0.05, 0.1) is 5.25 Å². The molecule has 1 aliphatic heterocycles. The maximum Gasteiger partial charge on any atom is 0.151 e. The molecule has 0 aromatic carbocycles. The first kappa shape index (κ1) is 13.0. The van der Waals surface area contributed by atoms with Gasteiger partial charge >= 0.3 is 0 Å². The van der Waals surface area contributed by atoms with E-state index in [9.17, 15) is 8.42 Å². The zero-order chi connectivity index (χ0) is 11.8. The molecule has 1 aliphatic rings. The van der Waals surface area contributed by atoms with Crippen molar-refractivity contribution in [1.82, 2.24) is 4.90 Å². The largest absolute Gasteiger partial charge is 0.296 e. The van der Waals surface area contributed by atoms with Crippen LogP contribution < -0.4 is 0 Å². The first-order valence-corrected chi connectivity index (χ1v) is 7.63. The first-order valence-electron chi connectivity index (χ1n) is 5.68. The second kappa shape index (κ2) is 4.42. The fourth-order valence-corrected chi connectivity index (χ4v) is 3.40. The molecule has 0 N–H and O–H groups in total. The topological polar surface area (TPSA) is 37.4 Å². The van der Waals surface area contributed by atoms with Gasteiger partial charge in [0, 0.05) is 24.9 Å². The third-order valence-electron chi connectivity index (χ3n) is 3.38. The maximum atomic E-state index is 11.5. The van der Waals surface area contributed by atoms with Crippen LogP contribution in [0.5, 0.6) is 0 Å². The van der Waals surface area contributed by atoms with E-state index in [1.165, 1.54) is 6.26 Å². The van der Waals surface area contributed by atoms with Crippen molar-refractivity contribution in [3.05, 3.63) is 0 Å². The highest BCUT2D eigenvalue weighted by Crippen LogP contribution is 2.29. The monoisotopic (exact) mass is 233 g/mol. The minimum absolute atomic E-state index is 0.160. The van der Waals surface area contributed by atoms with E-state index in [4.69, 9.17) is 0 Å². The van der Waals surface area contributed by atoms with Crippen LogP contribution in [0, 0.1) is 5.92 Å². The minimum Gasteiger partial charge on any atom is -0.296 e. The molecule has 3 nitrogen and oxygen atoms in total. The van der Waals surface area contributed by atoms with Crippen molar-refractivity contribution in [1.29, 1.82) is 0 Å². The highest BCUT2D eigenvalue weighted by molar-refractivity contribution is 7.91. The highest BCUT2D eigenvalue weighted by Gasteiger charge is 2.39. The Balaban J connectivity index is 2.83. The predicted molar refractivity (Wildman–Crippen MR) is 63.7 cm³/mol. The molecule has 0 spiro atoms. The van der Waals surface area contributed by atoms with Crippen LogP contribution in [0.25, 0.3) is 0 Å². The van der Waals surface area contributed by atoms with Gasteiger partial charge in [-0.1, -0.05) is 13.8 Å². The summed E-state index contributed by atoms with van der Waals surface area (Å²) in [4.78, 5) is 2.33. The quantitative estimate of drug-likeness (QED) is 0.742. The third-order valence-corrected chi connectivity index (χ3v) is 4.94. The van der Waals surface area contributed by atoms with E-state index in [0.29, 0.717) is 24.5 Å². The van der Waals surface area contributed by atoms with E-state index in [0.717, 1.165) is 6.42 Å². The molecular weight excluding hydrogens is 210 g/mol. The third kappa shape index (κ3) is 2.94. The van der Waals surface area contributed by atoms with Gasteiger partial charge < -0.3 is 0 Å². The highest BCUT2D eigenvalue weighted by atomic mass is 32.2. The van der Waals surface area contributed by atoms with Crippen LogP contribution in [0.15, 0.2) is 0 Å². The van der Waals surface area contributed by atoms with E-state index in [1.807, 2.05) is 0 Å². The van der Waals surface area contributed by atoms with E-state index in [1.54, 1.807) is 0 Å². The molecule has 0 amide bonds. The molecule has 0 aromatic heterocycles. The maximum absolute atomic E-state index is 11.5. The fraction of sp³-hybridized carbons (Fsp3) is 1.00. The second-order valence-electron chi connectivity index (χ2n) is 5.29. The molecule has 1 unspecified atom stereocenters. The normalized spacial score (nSPS) is 29.3. The summed E-state index contributed by atoms with van der Waals surface area (Å²) in [6, 6.07) is 0.855. The molecular formula is C11H23NO2S. The van der Waals surface area contributed by atoms with Crippen molar-refractivity contribution < 1.29 is 8.42 Å². The van der Waals surface area contributed by atoms with Crippen LogP contribution >= 0.6 is 0 Å². The van der Waals surface area contributed by atoms with Crippen molar-refractivity contribution in [2.24, 2.45) is 5.92 Å². The predicted octanol–water partition coefficient (Wildman–Crippen LogP) is 1.54. The number of hydrogen-bond donors (Lipinski definition) is 0. The van der Waals surface area contributed by atoms with Crippen LogP contribution in [0.3, 0.4) is 0 Å². The average Bonchev–Trinajstić information content (AvgIpc) is 2.45. The molecule has 1 fully saturated rings. The molecule has 0 radical (unpaired) electrons. The molecule has 15 heavy (non-hydrogen) atoms. The van der Waals surface area contributed by atoms with Crippen molar-refractivity contribution in [3.8, 4) is 0 Å². The molecule has 2 atom stereocenters. The smallest absolute Gasteiger partial charge is 0.151 e. The lowest BCUT2D eigenvalue weighted by atomic mass is 10.0. The molecule has 0 aliphatic carbocycles. The summed E-state index contributed by atoms with van der Waals surface area (Å²) in [5.74, 6) is 0.527. The summed E-state index contributed by atoms with van der Waals surface area (Å²) in [5, 5.41) is -0.160. The van der Waals surface area contributed by atoms with Crippen LogP contribution in [-0.4, -0.2) is 43.5 Å². The van der Waals surface area contributed by atoms with Crippen molar-refractivity contribution in [3.63, 3.8) is 0 Å². The van der Waals surface area contributed by atoms with Crippen molar-refractivity contribution in [2.75, 3.05) is 12.8 Å². The minimum atomic E-state index is -2.88. The van der Waals surface area contributed by atoms with Gasteiger partial charge in [-0.3, -0.25) is 4.90 Å². The lowest BCUT2D eigenvalue weighted by molar-refractivity contribution is 0.166. The summed E-state index contributed by atoms with van der Waals surface area (Å²) in [5.41, 5.74) is 0. The Morgan fingerprint density at radius 1 is 1.20 bits per heavy atom. The van der Waals surface area contributed by atoms with Gasteiger partial charge in [-0.25, -0.2) is 8.42 Å². The molecule has 0 bridgehead atoms. The van der Waals surface area contributed by atoms with Crippen LogP contribution in [0.2, 0.25) is 0 Å². The van der Waals surface area contributed by atoms with Gasteiger partial charge in [0.1, 0.15) is 0 Å². The van der Waals surface area contributed by atoms with E-state index in [-0.39, 0.29) is 5.25 Å². The molecule has 1 saturated heterocycles. The zero-order valence-electron chi connectivity index (χ0n) is 10.4. The molecule has 1 heterocycles. The van der Waals surface area contributed by atoms with Crippen molar-refractivity contribution in [2.45, 2.75) is 51.4 Å². The Bertz CT molecular complexity index is 293. The van der Waals surface area contributed by atoms with E-state index in [2.05, 4.69) is 32.6 Å². The first-order chi connectivity index (χ1) is 6.73. The lowest BCUT2D eigenvalue weighted by Crippen LogP contribution is -2.38. The van der Waals surface area contributed by atoms with Crippen LogP contribution in [0.1, 0.15) is 34.1 Å².